The van der Waals surface area contributed by atoms with Crippen LogP contribution in [0.25, 0.3) is 0 Å². The van der Waals surface area contributed by atoms with Crippen LogP contribution in [0.5, 0.6) is 11.5 Å². The molecule has 0 saturated carbocycles. The Kier molecular flexibility index (Phi) is 5.58. The number of carbonyl (C=O) groups is 1. The Bertz CT molecular complexity index is 1130. The van der Waals surface area contributed by atoms with E-state index in [0.29, 0.717) is 17.2 Å². The minimum Gasteiger partial charge on any atom is -0.454 e. The van der Waals surface area contributed by atoms with Gasteiger partial charge in [0.15, 0.2) is 11.5 Å². The van der Waals surface area contributed by atoms with Gasteiger partial charge in [0.25, 0.3) is 10.0 Å². The summed E-state index contributed by atoms with van der Waals surface area (Å²) in [6.45, 7) is 0.0732. The minimum absolute atomic E-state index is 0.123. The van der Waals surface area contributed by atoms with Crippen molar-refractivity contribution in [2.75, 3.05) is 17.6 Å². The van der Waals surface area contributed by atoms with Crippen molar-refractivity contribution in [2.45, 2.75) is 11.4 Å². The lowest BCUT2D eigenvalue weighted by Gasteiger charge is -2.24. The number of fused-ring (bicyclic) bond motifs is 1. The Labute approximate surface area is 174 Å². The predicted molar refractivity (Wildman–Crippen MR) is 112 cm³/mol. The molecule has 0 unspecified atom stereocenters. The van der Waals surface area contributed by atoms with Crippen LogP contribution >= 0.6 is 0 Å². The van der Waals surface area contributed by atoms with Gasteiger partial charge < -0.3 is 14.8 Å². The summed E-state index contributed by atoms with van der Waals surface area (Å²) < 4.78 is 38.1. The number of sulfonamides is 1. The number of rotatable bonds is 7. The van der Waals surface area contributed by atoms with Crippen LogP contribution in [0, 0.1) is 0 Å². The Morgan fingerprint density at radius 3 is 2.30 bits per heavy atom. The Balaban J connectivity index is 1.51. The fourth-order valence-electron chi connectivity index (χ4n) is 3.07. The van der Waals surface area contributed by atoms with Crippen molar-refractivity contribution >= 4 is 21.6 Å². The molecule has 1 N–H and O–H groups in total. The topological polar surface area (TPSA) is 84.9 Å². The van der Waals surface area contributed by atoms with E-state index in [9.17, 15) is 13.2 Å². The number of hydrogen-bond acceptors (Lipinski definition) is 5. The fourth-order valence-corrected chi connectivity index (χ4v) is 4.51. The first kappa shape index (κ1) is 19.8. The largest absolute Gasteiger partial charge is 0.454 e. The van der Waals surface area contributed by atoms with Crippen molar-refractivity contribution in [3.63, 3.8) is 0 Å². The molecule has 8 heteroatoms. The van der Waals surface area contributed by atoms with Gasteiger partial charge in [0.05, 0.1) is 10.6 Å². The molecule has 0 bridgehead atoms. The molecule has 0 aromatic heterocycles. The molecule has 7 nitrogen and oxygen atoms in total. The molecule has 154 valence electrons. The standard InChI is InChI=1S/C22H20N2O5S/c25-22(23-14-17-11-12-20-21(13-17)29-16-28-20)15-24(18-7-3-1-4-8-18)30(26,27)19-9-5-2-6-10-19/h1-13H,14-16H2,(H,23,25). The van der Waals surface area contributed by atoms with Crippen molar-refractivity contribution in [1.82, 2.24) is 5.32 Å². The van der Waals surface area contributed by atoms with E-state index in [1.54, 1.807) is 60.7 Å². The molecule has 1 heterocycles. The highest BCUT2D eigenvalue weighted by atomic mass is 32.2. The summed E-state index contributed by atoms with van der Waals surface area (Å²) in [5.41, 5.74) is 1.24. The third-order valence-electron chi connectivity index (χ3n) is 4.59. The molecular weight excluding hydrogens is 404 g/mol. The molecule has 0 saturated heterocycles. The fraction of sp³-hybridized carbons (Fsp3) is 0.136. The second kappa shape index (κ2) is 8.46. The first-order valence-electron chi connectivity index (χ1n) is 9.32. The van der Waals surface area contributed by atoms with Crippen molar-refractivity contribution in [1.29, 1.82) is 0 Å². The number of nitrogens with one attached hydrogen (secondary N) is 1. The Morgan fingerprint density at radius 1 is 0.900 bits per heavy atom. The second-order valence-corrected chi connectivity index (χ2v) is 8.49. The smallest absolute Gasteiger partial charge is 0.264 e. The van der Waals surface area contributed by atoms with Gasteiger partial charge in [-0.25, -0.2) is 8.42 Å². The number of para-hydroxylation sites is 1. The number of benzene rings is 3. The monoisotopic (exact) mass is 424 g/mol. The van der Waals surface area contributed by atoms with Gasteiger partial charge >= 0.3 is 0 Å². The summed E-state index contributed by atoms with van der Waals surface area (Å²) in [6.07, 6.45) is 0. The molecule has 3 aromatic carbocycles. The Morgan fingerprint density at radius 2 is 1.57 bits per heavy atom. The lowest BCUT2D eigenvalue weighted by Crippen LogP contribution is -2.40. The summed E-state index contributed by atoms with van der Waals surface area (Å²) in [7, 11) is -3.90. The van der Waals surface area contributed by atoms with Gasteiger partial charge in [0.2, 0.25) is 12.7 Å². The normalized spacial score (nSPS) is 12.4. The van der Waals surface area contributed by atoms with Crippen molar-refractivity contribution < 1.29 is 22.7 Å². The molecule has 1 aliphatic rings. The molecular formula is C22H20N2O5S. The van der Waals surface area contributed by atoms with E-state index in [0.717, 1.165) is 9.87 Å². The molecule has 3 aromatic rings. The van der Waals surface area contributed by atoms with Gasteiger partial charge in [-0.2, -0.15) is 0 Å². The Hall–Kier alpha value is -3.52. The van der Waals surface area contributed by atoms with Gasteiger partial charge in [0, 0.05) is 6.54 Å². The summed E-state index contributed by atoms with van der Waals surface area (Å²) in [5.74, 6) is 0.865. The molecule has 4 rings (SSSR count). The summed E-state index contributed by atoms with van der Waals surface area (Å²) >= 11 is 0. The number of amides is 1. The van der Waals surface area contributed by atoms with Gasteiger partial charge in [-0.3, -0.25) is 9.10 Å². The molecule has 1 aliphatic heterocycles. The summed E-state index contributed by atoms with van der Waals surface area (Å²) in [6, 6.07) is 22.0. The van der Waals surface area contributed by atoms with Crippen LogP contribution in [0.15, 0.2) is 83.8 Å². The van der Waals surface area contributed by atoms with Crippen LogP contribution in [-0.2, 0) is 21.4 Å². The zero-order chi connectivity index (χ0) is 21.0. The highest BCUT2D eigenvalue weighted by molar-refractivity contribution is 7.92. The van der Waals surface area contributed by atoms with Gasteiger partial charge in [0.1, 0.15) is 6.54 Å². The van der Waals surface area contributed by atoms with E-state index in [2.05, 4.69) is 5.32 Å². The van der Waals surface area contributed by atoms with E-state index in [-0.39, 0.29) is 24.8 Å². The first-order chi connectivity index (χ1) is 14.5. The molecule has 0 fully saturated rings. The highest BCUT2D eigenvalue weighted by Gasteiger charge is 2.27. The molecule has 0 atom stereocenters. The third-order valence-corrected chi connectivity index (χ3v) is 6.38. The lowest BCUT2D eigenvalue weighted by atomic mass is 10.2. The van der Waals surface area contributed by atoms with E-state index in [1.807, 2.05) is 6.07 Å². The molecule has 1 amide bonds. The van der Waals surface area contributed by atoms with Crippen molar-refractivity contribution in [3.8, 4) is 11.5 Å². The number of carbonyl (C=O) groups excluding carboxylic acids is 1. The average molecular weight is 424 g/mol. The average Bonchev–Trinajstić information content (AvgIpc) is 3.25. The van der Waals surface area contributed by atoms with E-state index in [1.165, 1.54) is 12.1 Å². The predicted octanol–water partition coefficient (Wildman–Crippen LogP) is 2.93. The second-order valence-electron chi connectivity index (χ2n) is 6.62. The number of anilines is 1. The minimum atomic E-state index is -3.90. The quantitative estimate of drug-likeness (QED) is 0.630. The van der Waals surface area contributed by atoms with Crippen LogP contribution < -0.4 is 19.1 Å². The summed E-state index contributed by atoms with van der Waals surface area (Å²) in [4.78, 5) is 12.8. The maximum atomic E-state index is 13.2. The van der Waals surface area contributed by atoms with Crippen LogP contribution in [0.3, 0.4) is 0 Å². The molecule has 0 aliphatic carbocycles. The van der Waals surface area contributed by atoms with Crippen LogP contribution in [-0.4, -0.2) is 27.7 Å². The summed E-state index contributed by atoms with van der Waals surface area (Å²) in [5, 5.41) is 2.77. The van der Waals surface area contributed by atoms with Crippen LogP contribution in [0.4, 0.5) is 5.69 Å². The zero-order valence-corrected chi connectivity index (χ0v) is 16.8. The number of hydrogen-bond donors (Lipinski definition) is 1. The maximum Gasteiger partial charge on any atom is 0.264 e. The lowest BCUT2D eigenvalue weighted by molar-refractivity contribution is -0.119. The maximum absolute atomic E-state index is 13.2. The van der Waals surface area contributed by atoms with Crippen LogP contribution in [0.2, 0.25) is 0 Å². The van der Waals surface area contributed by atoms with Gasteiger partial charge in [-0.05, 0) is 42.0 Å². The number of nitrogens with zero attached hydrogens (tertiary/aromatic N) is 1. The van der Waals surface area contributed by atoms with E-state index >= 15 is 0 Å². The SMILES string of the molecule is O=C(CN(c1ccccc1)S(=O)(=O)c1ccccc1)NCc1ccc2c(c1)OCO2. The van der Waals surface area contributed by atoms with Crippen molar-refractivity contribution in [3.05, 3.63) is 84.4 Å². The van der Waals surface area contributed by atoms with E-state index < -0.39 is 15.9 Å². The van der Waals surface area contributed by atoms with Crippen LogP contribution in [0.1, 0.15) is 5.56 Å². The third kappa shape index (κ3) is 4.23. The highest BCUT2D eigenvalue weighted by Crippen LogP contribution is 2.32. The van der Waals surface area contributed by atoms with Gasteiger partial charge in [-0.15, -0.1) is 0 Å². The molecule has 30 heavy (non-hydrogen) atoms. The van der Waals surface area contributed by atoms with Crippen molar-refractivity contribution in [2.24, 2.45) is 0 Å². The first-order valence-corrected chi connectivity index (χ1v) is 10.8. The van der Waals surface area contributed by atoms with Gasteiger partial charge in [-0.1, -0.05) is 42.5 Å². The zero-order valence-electron chi connectivity index (χ0n) is 16.0. The molecule has 0 radical (unpaired) electrons. The van der Waals surface area contributed by atoms with E-state index in [4.69, 9.17) is 9.47 Å². The molecule has 0 spiro atoms. The number of ether oxygens (including phenoxy) is 2.